The molecule has 0 spiro atoms. The van der Waals surface area contributed by atoms with Crippen LogP contribution in [0.3, 0.4) is 0 Å². The van der Waals surface area contributed by atoms with Crippen molar-refractivity contribution in [3.63, 3.8) is 0 Å². The average Bonchev–Trinajstić information content (AvgIpc) is 3.46. The number of fused-ring (bicyclic) bond motifs is 1. The summed E-state index contributed by atoms with van der Waals surface area (Å²) in [6, 6.07) is 16.0. The van der Waals surface area contributed by atoms with Crippen molar-refractivity contribution in [2.45, 2.75) is 26.3 Å². The van der Waals surface area contributed by atoms with E-state index in [-0.39, 0.29) is 5.91 Å². The molecule has 1 N–H and O–H groups in total. The lowest BCUT2D eigenvalue weighted by Gasteiger charge is -2.26. The fourth-order valence-corrected chi connectivity index (χ4v) is 4.65. The first-order valence-corrected chi connectivity index (χ1v) is 12.2. The number of nitrogens with one attached hydrogen (secondary N) is 1. The average molecular weight is 461 g/mol. The molecule has 3 heterocycles. The highest BCUT2D eigenvalue weighted by Crippen LogP contribution is 2.30. The Balaban J connectivity index is 1.16. The normalized spacial score (nSPS) is 16.0. The monoisotopic (exact) mass is 460 g/mol. The van der Waals surface area contributed by atoms with Gasteiger partial charge in [0.05, 0.1) is 19.8 Å². The van der Waals surface area contributed by atoms with Crippen LogP contribution in [0, 0.1) is 6.92 Å². The van der Waals surface area contributed by atoms with Crippen LogP contribution in [0.1, 0.15) is 33.8 Å². The summed E-state index contributed by atoms with van der Waals surface area (Å²) < 4.78 is 11.4. The lowest BCUT2D eigenvalue weighted by atomic mass is 10.1. The van der Waals surface area contributed by atoms with Crippen LogP contribution in [0.5, 0.6) is 0 Å². The highest BCUT2D eigenvalue weighted by atomic mass is 16.5. The predicted molar refractivity (Wildman–Crippen MR) is 132 cm³/mol. The molecule has 1 fully saturated rings. The van der Waals surface area contributed by atoms with Gasteiger partial charge in [0.1, 0.15) is 11.5 Å². The lowest BCUT2D eigenvalue weighted by Crippen LogP contribution is -2.38. The first-order valence-electron chi connectivity index (χ1n) is 12.2. The highest BCUT2D eigenvalue weighted by molar-refractivity contribution is 5.94. The molecule has 7 heteroatoms. The number of aromatic nitrogens is 1. The number of ether oxygens (including phenoxy) is 1. The van der Waals surface area contributed by atoms with Gasteiger partial charge in [-0.2, -0.15) is 0 Å². The van der Waals surface area contributed by atoms with Crippen molar-refractivity contribution in [1.82, 2.24) is 15.2 Å². The van der Waals surface area contributed by atoms with Gasteiger partial charge in [0, 0.05) is 43.0 Å². The number of morpholine rings is 1. The summed E-state index contributed by atoms with van der Waals surface area (Å²) in [4.78, 5) is 22.0. The predicted octanol–water partition coefficient (Wildman–Crippen LogP) is 3.66. The van der Waals surface area contributed by atoms with Crippen molar-refractivity contribution in [1.29, 1.82) is 0 Å². The Hall–Kier alpha value is -3.16. The van der Waals surface area contributed by atoms with Gasteiger partial charge in [0.2, 0.25) is 5.89 Å². The highest BCUT2D eigenvalue weighted by Gasteiger charge is 2.21. The van der Waals surface area contributed by atoms with Crippen molar-refractivity contribution >= 4 is 11.6 Å². The van der Waals surface area contributed by atoms with E-state index in [2.05, 4.69) is 39.4 Å². The van der Waals surface area contributed by atoms with Crippen LogP contribution < -0.4 is 10.2 Å². The molecule has 5 rings (SSSR count). The number of rotatable bonds is 8. The van der Waals surface area contributed by atoms with Gasteiger partial charge in [-0.15, -0.1) is 0 Å². The SMILES string of the molecule is Cc1oc(-c2ccc(C(=O)NCCCN3CCOCC3)cc2)nc1CN1CCc2ccccc21. The van der Waals surface area contributed by atoms with Crippen LogP contribution >= 0.6 is 0 Å². The molecule has 1 aromatic heterocycles. The topological polar surface area (TPSA) is 70.8 Å². The molecule has 0 unspecified atom stereocenters. The summed E-state index contributed by atoms with van der Waals surface area (Å²) in [7, 11) is 0. The molecule has 3 aromatic rings. The van der Waals surface area contributed by atoms with E-state index in [9.17, 15) is 4.79 Å². The Morgan fingerprint density at radius 1 is 1.06 bits per heavy atom. The summed E-state index contributed by atoms with van der Waals surface area (Å²) in [5, 5.41) is 3.02. The van der Waals surface area contributed by atoms with E-state index in [0.717, 1.165) is 75.8 Å². The minimum Gasteiger partial charge on any atom is -0.441 e. The zero-order valence-corrected chi connectivity index (χ0v) is 19.8. The standard InChI is InChI=1S/C27H32N4O3/c1-20-24(19-31-14-11-21-5-2-3-6-25(21)31)29-27(34-20)23-9-7-22(8-10-23)26(32)28-12-4-13-30-15-17-33-18-16-30/h2-3,5-10H,4,11-19H2,1H3,(H,28,32). The Bertz CT molecular complexity index is 1120. The van der Waals surface area contributed by atoms with E-state index >= 15 is 0 Å². The molecule has 0 radical (unpaired) electrons. The van der Waals surface area contributed by atoms with Gasteiger partial charge in [-0.05, 0) is 62.2 Å². The van der Waals surface area contributed by atoms with Gasteiger partial charge in [-0.1, -0.05) is 18.2 Å². The van der Waals surface area contributed by atoms with Gasteiger partial charge in [0.25, 0.3) is 5.91 Å². The van der Waals surface area contributed by atoms with Crippen molar-refractivity contribution in [2.24, 2.45) is 0 Å². The molecule has 178 valence electrons. The fourth-order valence-electron chi connectivity index (χ4n) is 4.65. The first-order chi connectivity index (χ1) is 16.7. The molecule has 7 nitrogen and oxygen atoms in total. The number of aryl methyl sites for hydroxylation is 1. The van der Waals surface area contributed by atoms with E-state index in [4.69, 9.17) is 14.1 Å². The Morgan fingerprint density at radius 2 is 1.85 bits per heavy atom. The maximum absolute atomic E-state index is 12.5. The van der Waals surface area contributed by atoms with Crippen LogP contribution in [0.4, 0.5) is 5.69 Å². The number of carbonyl (C=O) groups is 1. The molecule has 2 aromatic carbocycles. The number of amides is 1. The van der Waals surface area contributed by atoms with Crippen LogP contribution in [0.15, 0.2) is 52.9 Å². The smallest absolute Gasteiger partial charge is 0.251 e. The number of anilines is 1. The Morgan fingerprint density at radius 3 is 2.68 bits per heavy atom. The molecule has 2 aliphatic heterocycles. The van der Waals surface area contributed by atoms with Gasteiger partial charge in [-0.25, -0.2) is 4.98 Å². The number of nitrogens with zero attached hydrogens (tertiary/aromatic N) is 3. The molecule has 0 bridgehead atoms. The minimum atomic E-state index is -0.0505. The van der Waals surface area contributed by atoms with E-state index in [0.29, 0.717) is 18.0 Å². The molecule has 0 saturated carbocycles. The van der Waals surface area contributed by atoms with Crippen LogP contribution in [-0.4, -0.2) is 61.7 Å². The van der Waals surface area contributed by atoms with Gasteiger partial charge >= 0.3 is 0 Å². The molecular formula is C27H32N4O3. The molecule has 2 aliphatic rings. The van der Waals surface area contributed by atoms with E-state index in [1.807, 2.05) is 31.2 Å². The zero-order chi connectivity index (χ0) is 23.3. The summed E-state index contributed by atoms with van der Waals surface area (Å²) in [6.07, 6.45) is 2.00. The Labute approximate surface area is 200 Å². The second-order valence-electron chi connectivity index (χ2n) is 8.96. The lowest BCUT2D eigenvalue weighted by molar-refractivity contribution is 0.0374. The first kappa shape index (κ1) is 22.6. The summed E-state index contributed by atoms with van der Waals surface area (Å²) >= 11 is 0. The van der Waals surface area contributed by atoms with Crippen LogP contribution in [-0.2, 0) is 17.7 Å². The molecule has 34 heavy (non-hydrogen) atoms. The summed E-state index contributed by atoms with van der Waals surface area (Å²) in [5.41, 5.74) is 5.15. The molecule has 1 amide bonds. The van der Waals surface area contributed by atoms with Crippen molar-refractivity contribution in [3.05, 3.63) is 71.1 Å². The number of carbonyl (C=O) groups excluding carboxylic acids is 1. The quantitative estimate of drug-likeness (QED) is 0.518. The van der Waals surface area contributed by atoms with Crippen LogP contribution in [0.2, 0.25) is 0 Å². The number of benzene rings is 2. The van der Waals surface area contributed by atoms with E-state index in [1.54, 1.807) is 0 Å². The second kappa shape index (κ2) is 10.4. The third kappa shape index (κ3) is 5.16. The number of para-hydroxylation sites is 1. The van der Waals surface area contributed by atoms with Crippen molar-refractivity contribution < 1.29 is 13.9 Å². The Kier molecular flexibility index (Phi) is 6.92. The van der Waals surface area contributed by atoms with Gasteiger partial charge in [-0.3, -0.25) is 9.69 Å². The maximum atomic E-state index is 12.5. The largest absolute Gasteiger partial charge is 0.441 e. The molecule has 0 aliphatic carbocycles. The van der Waals surface area contributed by atoms with Crippen molar-refractivity contribution in [3.8, 4) is 11.5 Å². The maximum Gasteiger partial charge on any atom is 0.251 e. The number of hydrogen-bond acceptors (Lipinski definition) is 6. The number of hydrogen-bond donors (Lipinski definition) is 1. The summed E-state index contributed by atoms with van der Waals surface area (Å²) in [5.74, 6) is 1.38. The molecular weight excluding hydrogens is 428 g/mol. The zero-order valence-electron chi connectivity index (χ0n) is 19.8. The van der Waals surface area contributed by atoms with Gasteiger partial charge < -0.3 is 19.4 Å². The second-order valence-corrected chi connectivity index (χ2v) is 8.96. The third-order valence-electron chi connectivity index (χ3n) is 6.65. The van der Waals surface area contributed by atoms with E-state index in [1.165, 1.54) is 11.3 Å². The van der Waals surface area contributed by atoms with Gasteiger partial charge in [0.15, 0.2) is 0 Å². The molecule has 0 atom stereocenters. The third-order valence-corrected chi connectivity index (χ3v) is 6.65. The van der Waals surface area contributed by atoms with Crippen LogP contribution in [0.25, 0.3) is 11.5 Å². The summed E-state index contributed by atoms with van der Waals surface area (Å²) in [6.45, 7) is 8.90. The van der Waals surface area contributed by atoms with Crippen molar-refractivity contribution in [2.75, 3.05) is 50.8 Å². The fraction of sp³-hybridized carbons (Fsp3) is 0.407. The number of oxazole rings is 1. The van der Waals surface area contributed by atoms with E-state index < -0.39 is 0 Å². The molecule has 1 saturated heterocycles. The minimum absolute atomic E-state index is 0.0505.